The monoisotopic (exact) mass is 353 g/mol. The van der Waals surface area contributed by atoms with E-state index in [1.54, 1.807) is 39.0 Å². The van der Waals surface area contributed by atoms with Gasteiger partial charge in [-0.15, -0.1) is 0 Å². The number of carboxylic acids is 1. The summed E-state index contributed by atoms with van der Waals surface area (Å²) in [6, 6.07) is 6.40. The van der Waals surface area contributed by atoms with E-state index in [-0.39, 0.29) is 16.8 Å². The molecule has 1 aliphatic rings. The molecule has 2 heterocycles. The van der Waals surface area contributed by atoms with Crippen LogP contribution in [0.1, 0.15) is 38.0 Å². The molecule has 0 spiro atoms. The number of hydrogen-bond donors (Lipinski definition) is 2. The summed E-state index contributed by atoms with van der Waals surface area (Å²) >= 11 is 0. The summed E-state index contributed by atoms with van der Waals surface area (Å²) in [6.07, 6.45) is 0. The number of carbonyl (C=O) groups excluding carboxylic acids is 1. The van der Waals surface area contributed by atoms with Gasteiger partial charge < -0.3 is 14.8 Å². The van der Waals surface area contributed by atoms with Crippen LogP contribution in [0.3, 0.4) is 0 Å². The van der Waals surface area contributed by atoms with Crippen molar-refractivity contribution in [3.63, 3.8) is 0 Å². The zero-order chi connectivity index (χ0) is 19.2. The Labute approximate surface area is 149 Å². The molecule has 0 unspecified atom stereocenters. The SMILES string of the molecule is CC(=O)C1=C(C)NC(C)=C(C(=O)O)[C@@H]1c1cccc2c(=O)cc(C)oc12. The van der Waals surface area contributed by atoms with Crippen molar-refractivity contribution >= 4 is 22.7 Å². The highest BCUT2D eigenvalue weighted by Gasteiger charge is 2.36. The van der Waals surface area contributed by atoms with Crippen molar-refractivity contribution in [1.82, 2.24) is 5.32 Å². The molecule has 3 rings (SSSR count). The summed E-state index contributed by atoms with van der Waals surface area (Å²) in [5, 5.41) is 13.1. The fourth-order valence-electron chi connectivity index (χ4n) is 3.60. The van der Waals surface area contributed by atoms with E-state index < -0.39 is 11.9 Å². The molecule has 26 heavy (non-hydrogen) atoms. The van der Waals surface area contributed by atoms with Gasteiger partial charge >= 0.3 is 5.97 Å². The van der Waals surface area contributed by atoms with Crippen molar-refractivity contribution in [1.29, 1.82) is 0 Å². The molecule has 0 saturated carbocycles. The predicted molar refractivity (Wildman–Crippen MR) is 96.8 cm³/mol. The average Bonchev–Trinajstić information content (AvgIpc) is 2.52. The molecule has 1 aliphatic heterocycles. The lowest BCUT2D eigenvalue weighted by Gasteiger charge is -2.29. The summed E-state index contributed by atoms with van der Waals surface area (Å²) in [7, 11) is 0. The number of benzene rings is 1. The zero-order valence-electron chi connectivity index (χ0n) is 15.0. The number of aryl methyl sites for hydroxylation is 1. The molecule has 0 bridgehead atoms. The Morgan fingerprint density at radius 3 is 2.38 bits per heavy atom. The summed E-state index contributed by atoms with van der Waals surface area (Å²) < 4.78 is 5.78. The molecule has 0 amide bonds. The van der Waals surface area contributed by atoms with Gasteiger partial charge in [0.05, 0.1) is 16.9 Å². The third-order valence-electron chi connectivity index (χ3n) is 4.59. The van der Waals surface area contributed by atoms with Crippen LogP contribution in [0, 0.1) is 6.92 Å². The van der Waals surface area contributed by atoms with Crippen LogP contribution >= 0.6 is 0 Å². The maximum atomic E-state index is 12.3. The lowest BCUT2D eigenvalue weighted by Crippen LogP contribution is -2.30. The summed E-state index contributed by atoms with van der Waals surface area (Å²) in [5.41, 5.74) is 2.06. The summed E-state index contributed by atoms with van der Waals surface area (Å²) in [6.45, 7) is 6.45. The number of dihydropyridines is 1. The maximum Gasteiger partial charge on any atom is 0.334 e. The van der Waals surface area contributed by atoms with Gasteiger partial charge in [0.15, 0.2) is 11.2 Å². The van der Waals surface area contributed by atoms with Gasteiger partial charge in [-0.2, -0.15) is 0 Å². The number of carboxylic acid groups (broad SMARTS) is 1. The Hall–Kier alpha value is -3.15. The molecule has 2 N–H and O–H groups in total. The third kappa shape index (κ3) is 2.73. The number of rotatable bonds is 3. The van der Waals surface area contributed by atoms with Crippen molar-refractivity contribution in [2.45, 2.75) is 33.6 Å². The minimum atomic E-state index is -1.13. The molecule has 1 aromatic carbocycles. The fourth-order valence-corrected chi connectivity index (χ4v) is 3.60. The highest BCUT2D eigenvalue weighted by Crippen LogP contribution is 2.40. The highest BCUT2D eigenvalue weighted by molar-refractivity contribution is 6.02. The lowest BCUT2D eigenvalue weighted by molar-refractivity contribution is -0.133. The Kier molecular flexibility index (Phi) is 4.28. The Bertz CT molecular complexity index is 1040. The predicted octanol–water partition coefficient (Wildman–Crippen LogP) is 3.01. The molecule has 6 nitrogen and oxygen atoms in total. The number of allylic oxidation sites excluding steroid dienone is 3. The first-order valence-corrected chi connectivity index (χ1v) is 8.18. The van der Waals surface area contributed by atoms with E-state index in [1.807, 2.05) is 0 Å². The smallest absolute Gasteiger partial charge is 0.334 e. The number of hydrogen-bond acceptors (Lipinski definition) is 5. The van der Waals surface area contributed by atoms with Crippen LogP contribution in [0.4, 0.5) is 0 Å². The molecule has 0 radical (unpaired) electrons. The van der Waals surface area contributed by atoms with Crippen LogP contribution in [0.2, 0.25) is 0 Å². The first-order valence-electron chi connectivity index (χ1n) is 8.18. The molecular formula is C20H19NO5. The van der Waals surface area contributed by atoms with Gasteiger partial charge in [0.1, 0.15) is 11.3 Å². The van der Waals surface area contributed by atoms with E-state index in [4.69, 9.17) is 4.42 Å². The number of ketones is 1. The molecule has 6 heteroatoms. The highest BCUT2D eigenvalue weighted by atomic mass is 16.4. The Morgan fingerprint density at radius 2 is 1.77 bits per heavy atom. The summed E-state index contributed by atoms with van der Waals surface area (Å²) in [4.78, 5) is 36.6. The molecule has 0 fully saturated rings. The zero-order valence-corrected chi connectivity index (χ0v) is 15.0. The normalized spacial score (nSPS) is 17.5. The van der Waals surface area contributed by atoms with Crippen molar-refractivity contribution in [3.8, 4) is 0 Å². The fraction of sp³-hybridized carbons (Fsp3) is 0.250. The maximum absolute atomic E-state index is 12.3. The molecule has 1 atom stereocenters. The number of fused-ring (bicyclic) bond motifs is 1. The van der Waals surface area contributed by atoms with Gasteiger partial charge in [-0.05, 0) is 33.8 Å². The molecular weight excluding hydrogens is 334 g/mol. The van der Waals surface area contributed by atoms with Gasteiger partial charge in [0.2, 0.25) is 0 Å². The van der Waals surface area contributed by atoms with E-state index in [0.717, 1.165) is 0 Å². The number of aliphatic carboxylic acids is 1. The lowest BCUT2D eigenvalue weighted by atomic mass is 9.78. The van der Waals surface area contributed by atoms with E-state index >= 15 is 0 Å². The average molecular weight is 353 g/mol. The second-order valence-corrected chi connectivity index (χ2v) is 6.44. The van der Waals surface area contributed by atoms with Gasteiger partial charge in [0.25, 0.3) is 0 Å². The first-order chi connectivity index (χ1) is 12.2. The Balaban J connectivity index is 2.43. The van der Waals surface area contributed by atoms with Crippen molar-refractivity contribution in [2.24, 2.45) is 0 Å². The number of carbonyl (C=O) groups is 2. The molecule has 0 saturated heterocycles. The van der Waals surface area contributed by atoms with E-state index in [0.29, 0.717) is 39.3 Å². The van der Waals surface area contributed by atoms with E-state index in [2.05, 4.69) is 5.32 Å². The minimum Gasteiger partial charge on any atom is -0.478 e. The summed E-state index contributed by atoms with van der Waals surface area (Å²) in [5.74, 6) is -1.76. The second kappa shape index (κ2) is 6.29. The van der Waals surface area contributed by atoms with Gasteiger partial charge in [-0.25, -0.2) is 4.79 Å². The van der Waals surface area contributed by atoms with Crippen LogP contribution in [0.25, 0.3) is 11.0 Å². The minimum absolute atomic E-state index is 0.0671. The second-order valence-electron chi connectivity index (χ2n) is 6.44. The van der Waals surface area contributed by atoms with Gasteiger partial charge in [-0.3, -0.25) is 9.59 Å². The number of nitrogens with one attached hydrogen (secondary N) is 1. The van der Waals surface area contributed by atoms with Crippen molar-refractivity contribution < 1.29 is 19.1 Å². The van der Waals surface area contributed by atoms with E-state index in [1.165, 1.54) is 13.0 Å². The Morgan fingerprint density at radius 1 is 1.12 bits per heavy atom. The van der Waals surface area contributed by atoms with Crippen LogP contribution in [0.15, 0.2) is 56.0 Å². The topological polar surface area (TPSA) is 96.6 Å². The van der Waals surface area contributed by atoms with Crippen LogP contribution < -0.4 is 10.7 Å². The molecule has 2 aromatic rings. The van der Waals surface area contributed by atoms with E-state index in [9.17, 15) is 19.5 Å². The molecule has 134 valence electrons. The molecule has 0 aliphatic carbocycles. The molecule has 1 aromatic heterocycles. The largest absolute Gasteiger partial charge is 0.478 e. The van der Waals surface area contributed by atoms with Gasteiger partial charge in [-0.1, -0.05) is 12.1 Å². The number of para-hydroxylation sites is 1. The van der Waals surface area contributed by atoms with Crippen LogP contribution in [-0.4, -0.2) is 16.9 Å². The van der Waals surface area contributed by atoms with Crippen molar-refractivity contribution in [2.75, 3.05) is 0 Å². The third-order valence-corrected chi connectivity index (χ3v) is 4.59. The van der Waals surface area contributed by atoms with Crippen molar-refractivity contribution in [3.05, 3.63) is 68.4 Å². The standard InChI is InChI=1S/C20H19NO5/c1-9-8-15(23)13-6-5-7-14(19(13)26-9)18-16(12(4)22)10(2)21-11(3)17(18)20(24)25/h5-8,18,21H,1-4H3,(H,24,25)/t18-/m1/s1. The first kappa shape index (κ1) is 17.7. The quantitative estimate of drug-likeness (QED) is 0.880. The van der Waals surface area contributed by atoms with Gasteiger partial charge in [0, 0.05) is 28.6 Å². The van der Waals surface area contributed by atoms with Crippen LogP contribution in [0.5, 0.6) is 0 Å². The van der Waals surface area contributed by atoms with Crippen LogP contribution in [-0.2, 0) is 9.59 Å². The number of Topliss-reactive ketones (excluding diaryl/α,β-unsaturated/α-hetero) is 1.